The van der Waals surface area contributed by atoms with Crippen molar-refractivity contribution in [1.29, 1.82) is 0 Å². The fraction of sp³-hybridized carbons (Fsp3) is 0.407. The first kappa shape index (κ1) is 21.6. The molecule has 2 aromatic rings. The highest BCUT2D eigenvalue weighted by Gasteiger charge is 2.43. The van der Waals surface area contributed by atoms with Gasteiger partial charge >= 0.3 is 0 Å². The summed E-state index contributed by atoms with van der Waals surface area (Å²) in [6, 6.07) is 13.0. The van der Waals surface area contributed by atoms with Gasteiger partial charge in [0.05, 0.1) is 17.4 Å². The lowest BCUT2D eigenvalue weighted by atomic mass is 9.73. The third kappa shape index (κ3) is 3.88. The zero-order valence-electron chi connectivity index (χ0n) is 19.6. The van der Waals surface area contributed by atoms with Gasteiger partial charge in [-0.15, -0.1) is 0 Å². The Hall–Kier alpha value is -3.28. The average Bonchev–Trinajstić information content (AvgIpc) is 3.14. The number of ether oxygens (including phenoxy) is 2. The number of nitrogens with zero attached hydrogens (tertiary/aromatic N) is 1. The number of Topliss-reactive ketones (excluding diaryl/α,β-unsaturated/α-hetero) is 1. The normalized spacial score (nSPS) is 20.8. The zero-order valence-corrected chi connectivity index (χ0v) is 19.6. The van der Waals surface area contributed by atoms with Crippen LogP contribution in [-0.4, -0.2) is 18.5 Å². The SMILES string of the molecule is CC(C)CC(=O)N1c2ccccc2NC2=C(C(=O)CC(C)(C)C2)[C@H]1c1ccc2c(c1)OCO2. The lowest BCUT2D eigenvalue weighted by Gasteiger charge is -2.37. The van der Waals surface area contributed by atoms with Gasteiger partial charge in [-0.05, 0) is 47.6 Å². The maximum atomic E-state index is 13.8. The lowest BCUT2D eigenvalue weighted by molar-refractivity contribution is -0.120. The standard InChI is InChI=1S/C27H30N2O4/c1-16(2)11-24(31)29-20-8-6-5-7-18(20)28-19-13-27(3,4)14-21(30)25(19)26(29)17-9-10-22-23(12-17)33-15-32-22/h5-10,12,16,26,28H,11,13-15H2,1-4H3/t26-/m1/s1. The molecule has 1 atom stereocenters. The Labute approximate surface area is 194 Å². The molecule has 2 aromatic carbocycles. The summed E-state index contributed by atoms with van der Waals surface area (Å²) in [7, 11) is 0. The van der Waals surface area contributed by atoms with Crippen molar-refractivity contribution in [2.45, 2.75) is 53.0 Å². The molecular weight excluding hydrogens is 416 g/mol. The second-order valence-corrected chi connectivity index (χ2v) is 10.4. The van der Waals surface area contributed by atoms with Gasteiger partial charge in [-0.25, -0.2) is 0 Å². The van der Waals surface area contributed by atoms with E-state index in [-0.39, 0.29) is 29.8 Å². The van der Waals surface area contributed by atoms with E-state index in [1.54, 1.807) is 0 Å². The average molecular weight is 447 g/mol. The molecule has 33 heavy (non-hydrogen) atoms. The van der Waals surface area contributed by atoms with Crippen molar-refractivity contribution in [3.8, 4) is 11.5 Å². The number of nitrogens with one attached hydrogen (secondary N) is 1. The van der Waals surface area contributed by atoms with E-state index in [1.807, 2.05) is 61.2 Å². The highest BCUT2D eigenvalue weighted by atomic mass is 16.7. The summed E-state index contributed by atoms with van der Waals surface area (Å²) >= 11 is 0. The van der Waals surface area contributed by atoms with Crippen LogP contribution in [0.2, 0.25) is 0 Å². The number of allylic oxidation sites excluding steroid dienone is 1. The molecule has 172 valence electrons. The molecule has 6 nitrogen and oxygen atoms in total. The number of hydrogen-bond donors (Lipinski definition) is 1. The van der Waals surface area contributed by atoms with Crippen molar-refractivity contribution >= 4 is 23.1 Å². The van der Waals surface area contributed by atoms with Crippen LogP contribution in [0.15, 0.2) is 53.7 Å². The molecule has 0 aromatic heterocycles. The van der Waals surface area contributed by atoms with Gasteiger partial charge < -0.3 is 14.8 Å². The number of hydrogen-bond acceptors (Lipinski definition) is 5. The first-order valence-corrected chi connectivity index (χ1v) is 11.6. The summed E-state index contributed by atoms with van der Waals surface area (Å²) in [4.78, 5) is 29.2. The van der Waals surface area contributed by atoms with E-state index < -0.39 is 6.04 Å². The Balaban J connectivity index is 1.75. The Kier molecular flexibility index (Phi) is 5.19. The zero-order chi connectivity index (χ0) is 23.3. The number of ketones is 1. The third-order valence-electron chi connectivity index (χ3n) is 6.46. The number of carbonyl (C=O) groups excluding carboxylic acids is 2. The van der Waals surface area contributed by atoms with Crippen LogP contribution in [0.4, 0.5) is 11.4 Å². The molecular formula is C27H30N2O4. The number of benzene rings is 2. The van der Waals surface area contributed by atoms with Crippen LogP contribution in [0.3, 0.4) is 0 Å². The summed E-state index contributed by atoms with van der Waals surface area (Å²) in [5, 5.41) is 3.55. The van der Waals surface area contributed by atoms with Crippen LogP contribution in [0.5, 0.6) is 11.5 Å². The first-order valence-electron chi connectivity index (χ1n) is 11.6. The van der Waals surface area contributed by atoms with Gasteiger partial charge in [-0.2, -0.15) is 0 Å². The highest BCUT2D eigenvalue weighted by molar-refractivity contribution is 6.06. The van der Waals surface area contributed by atoms with Crippen LogP contribution in [-0.2, 0) is 9.59 Å². The molecule has 6 heteroatoms. The van der Waals surface area contributed by atoms with Gasteiger partial charge in [0.1, 0.15) is 0 Å². The van der Waals surface area contributed by atoms with Crippen LogP contribution in [0, 0.1) is 11.3 Å². The number of anilines is 2. The maximum Gasteiger partial charge on any atom is 0.231 e. The molecule has 5 rings (SSSR count). The van der Waals surface area contributed by atoms with Crippen molar-refractivity contribution in [3.63, 3.8) is 0 Å². The Morgan fingerprint density at radius 2 is 1.88 bits per heavy atom. The highest BCUT2D eigenvalue weighted by Crippen LogP contribution is 2.49. The van der Waals surface area contributed by atoms with E-state index in [0.717, 1.165) is 29.1 Å². The van der Waals surface area contributed by atoms with Crippen molar-refractivity contribution in [3.05, 3.63) is 59.3 Å². The van der Waals surface area contributed by atoms with Gasteiger partial charge in [0.2, 0.25) is 12.7 Å². The van der Waals surface area contributed by atoms with Gasteiger partial charge in [0.25, 0.3) is 0 Å². The fourth-order valence-electron chi connectivity index (χ4n) is 5.11. The van der Waals surface area contributed by atoms with Crippen molar-refractivity contribution < 1.29 is 19.1 Å². The van der Waals surface area contributed by atoms with E-state index in [1.165, 1.54) is 0 Å². The fourth-order valence-corrected chi connectivity index (χ4v) is 5.11. The van der Waals surface area contributed by atoms with E-state index in [4.69, 9.17) is 9.47 Å². The maximum absolute atomic E-state index is 13.8. The summed E-state index contributed by atoms with van der Waals surface area (Å²) in [5.41, 5.74) is 3.87. The van der Waals surface area contributed by atoms with E-state index in [9.17, 15) is 9.59 Å². The number of amides is 1. The molecule has 2 aliphatic heterocycles. The quantitative estimate of drug-likeness (QED) is 0.664. The summed E-state index contributed by atoms with van der Waals surface area (Å²) in [6.45, 7) is 8.47. The minimum atomic E-state index is -0.541. The molecule has 0 radical (unpaired) electrons. The van der Waals surface area contributed by atoms with Gasteiger partial charge in [0.15, 0.2) is 17.3 Å². The minimum Gasteiger partial charge on any atom is -0.454 e. The molecule has 0 spiro atoms. The van der Waals surface area contributed by atoms with Crippen LogP contribution in [0.25, 0.3) is 0 Å². The molecule has 0 saturated heterocycles. The first-order chi connectivity index (χ1) is 15.7. The number of para-hydroxylation sites is 2. The van der Waals surface area contributed by atoms with Crippen molar-refractivity contribution in [2.75, 3.05) is 17.0 Å². The number of carbonyl (C=O) groups is 2. The molecule has 1 N–H and O–H groups in total. The second-order valence-electron chi connectivity index (χ2n) is 10.4. The molecule has 1 aliphatic carbocycles. The lowest BCUT2D eigenvalue weighted by Crippen LogP contribution is -2.40. The molecule has 2 heterocycles. The molecule has 1 amide bonds. The second kappa shape index (κ2) is 7.94. The molecule has 0 bridgehead atoms. The van der Waals surface area contributed by atoms with Gasteiger partial charge in [-0.1, -0.05) is 45.9 Å². The van der Waals surface area contributed by atoms with Crippen LogP contribution < -0.4 is 19.7 Å². The van der Waals surface area contributed by atoms with Crippen molar-refractivity contribution in [1.82, 2.24) is 0 Å². The van der Waals surface area contributed by atoms with Gasteiger partial charge in [0, 0.05) is 24.1 Å². The smallest absolute Gasteiger partial charge is 0.231 e. The number of fused-ring (bicyclic) bond motifs is 2. The topological polar surface area (TPSA) is 67.9 Å². The summed E-state index contributed by atoms with van der Waals surface area (Å²) in [6.07, 6.45) is 1.56. The van der Waals surface area contributed by atoms with E-state index in [2.05, 4.69) is 19.2 Å². The summed E-state index contributed by atoms with van der Waals surface area (Å²) < 4.78 is 11.2. The Morgan fingerprint density at radius 1 is 1.12 bits per heavy atom. The predicted octanol–water partition coefficient (Wildman–Crippen LogP) is 5.60. The van der Waals surface area contributed by atoms with E-state index >= 15 is 0 Å². The molecule has 0 unspecified atom stereocenters. The Bertz CT molecular complexity index is 1160. The van der Waals surface area contributed by atoms with Crippen molar-refractivity contribution in [2.24, 2.45) is 11.3 Å². The molecule has 0 saturated carbocycles. The monoisotopic (exact) mass is 446 g/mol. The predicted molar refractivity (Wildman–Crippen MR) is 127 cm³/mol. The molecule has 3 aliphatic rings. The Morgan fingerprint density at radius 3 is 2.67 bits per heavy atom. The number of rotatable bonds is 3. The van der Waals surface area contributed by atoms with Gasteiger partial charge in [-0.3, -0.25) is 14.5 Å². The van der Waals surface area contributed by atoms with Crippen LogP contribution in [0.1, 0.15) is 58.6 Å². The minimum absolute atomic E-state index is 0.00620. The third-order valence-corrected chi connectivity index (χ3v) is 6.46. The van der Waals surface area contributed by atoms with Crippen LogP contribution >= 0.6 is 0 Å². The largest absolute Gasteiger partial charge is 0.454 e. The summed E-state index contributed by atoms with van der Waals surface area (Å²) in [5.74, 6) is 1.57. The molecule has 0 fully saturated rings. The van der Waals surface area contributed by atoms with E-state index in [0.29, 0.717) is 29.9 Å².